The van der Waals surface area contributed by atoms with Gasteiger partial charge in [-0.3, -0.25) is 9.80 Å². The summed E-state index contributed by atoms with van der Waals surface area (Å²) in [7, 11) is 3.59. The summed E-state index contributed by atoms with van der Waals surface area (Å²) in [6.07, 6.45) is 8.38. The van der Waals surface area contributed by atoms with Crippen LogP contribution in [-0.4, -0.2) is 48.8 Å². The smallest absolute Gasteiger partial charge is 0.270 e. The molecule has 8 heteroatoms. The highest BCUT2D eigenvalue weighted by Crippen LogP contribution is 2.30. The molecule has 1 saturated carbocycles. The molecule has 2 aromatic rings. The van der Waals surface area contributed by atoms with Gasteiger partial charge in [0.2, 0.25) is 6.29 Å². The summed E-state index contributed by atoms with van der Waals surface area (Å²) in [5, 5.41) is 9.35. The molecule has 33 heavy (non-hydrogen) atoms. The number of nitrogens with zero attached hydrogens (tertiary/aromatic N) is 4. The van der Waals surface area contributed by atoms with E-state index in [4.69, 9.17) is 10.8 Å². The van der Waals surface area contributed by atoms with Gasteiger partial charge in [0.05, 0.1) is 5.69 Å². The van der Waals surface area contributed by atoms with Gasteiger partial charge >= 0.3 is 0 Å². The maximum atomic E-state index is 12.9. The molecule has 1 aliphatic carbocycles. The molecule has 3 aliphatic rings. The molecule has 3 heterocycles. The molecular formula is C25H35N7O. The van der Waals surface area contributed by atoms with Crippen molar-refractivity contribution in [3.63, 3.8) is 0 Å². The van der Waals surface area contributed by atoms with E-state index < -0.39 is 6.29 Å². The zero-order valence-corrected chi connectivity index (χ0v) is 19.6. The number of carbonyl (C=O) groups is 1. The lowest BCUT2D eigenvalue weighted by atomic mass is 9.90. The standard InChI is InChI=1S/C25H35N7O/c1-30(2)24(33)22-15-19-16-28-25(29-23(19)31(22)20-5-3-4-6-20)32(26)21-9-7-17(8-10-21)18-11-13-27-14-12-18/h7-10,15-16,18,20,25,27-28H,3-6,11-14,26H2,1-2H3. The maximum Gasteiger partial charge on any atom is 0.270 e. The van der Waals surface area contributed by atoms with Crippen LogP contribution in [0.5, 0.6) is 0 Å². The quantitative estimate of drug-likeness (QED) is 0.474. The number of piperidine rings is 1. The molecule has 1 amide bonds. The third-order valence-electron chi connectivity index (χ3n) is 7.25. The van der Waals surface area contributed by atoms with Crippen molar-refractivity contribution in [2.75, 3.05) is 32.2 Å². The summed E-state index contributed by atoms with van der Waals surface area (Å²) in [6.45, 7) is 2.16. The average Bonchev–Trinajstić information content (AvgIpc) is 3.51. The molecule has 176 valence electrons. The van der Waals surface area contributed by atoms with Crippen molar-refractivity contribution >= 4 is 17.8 Å². The van der Waals surface area contributed by atoms with E-state index in [1.165, 1.54) is 31.2 Å². The van der Waals surface area contributed by atoms with Gasteiger partial charge in [0.15, 0.2) is 0 Å². The Labute approximate surface area is 195 Å². The molecule has 2 fully saturated rings. The van der Waals surface area contributed by atoms with Crippen molar-refractivity contribution < 1.29 is 4.79 Å². The van der Waals surface area contributed by atoms with E-state index in [0.29, 0.717) is 17.7 Å². The predicted octanol–water partition coefficient (Wildman–Crippen LogP) is 1.40. The molecule has 2 aliphatic heterocycles. The fourth-order valence-electron chi connectivity index (χ4n) is 5.38. The van der Waals surface area contributed by atoms with Crippen LogP contribution in [0.2, 0.25) is 0 Å². The minimum atomic E-state index is -0.431. The van der Waals surface area contributed by atoms with E-state index in [0.717, 1.165) is 42.3 Å². The molecule has 8 nitrogen and oxygen atoms in total. The van der Waals surface area contributed by atoms with Gasteiger partial charge in [-0.05, 0) is 68.5 Å². The molecule has 0 spiro atoms. The second-order valence-electron chi connectivity index (χ2n) is 9.65. The number of hydrogen-bond acceptors (Lipinski definition) is 6. The van der Waals surface area contributed by atoms with Crippen LogP contribution >= 0.6 is 0 Å². The van der Waals surface area contributed by atoms with Gasteiger partial charge in [-0.1, -0.05) is 25.0 Å². The third kappa shape index (κ3) is 4.25. The van der Waals surface area contributed by atoms with Gasteiger partial charge in [0, 0.05) is 31.6 Å². The minimum absolute atomic E-state index is 0.00885. The van der Waals surface area contributed by atoms with Crippen LogP contribution < -0.4 is 32.2 Å². The fraction of sp³-hybridized carbons (Fsp3) is 0.520. The summed E-state index contributed by atoms with van der Waals surface area (Å²) in [6, 6.07) is 10.8. The number of benzene rings is 1. The molecule has 1 aromatic carbocycles. The zero-order valence-electron chi connectivity index (χ0n) is 19.6. The molecule has 4 N–H and O–H groups in total. The van der Waals surface area contributed by atoms with E-state index in [2.05, 4.69) is 39.5 Å². The second kappa shape index (κ2) is 9.19. The van der Waals surface area contributed by atoms with E-state index in [1.807, 2.05) is 12.3 Å². The first-order chi connectivity index (χ1) is 16.0. The highest BCUT2D eigenvalue weighted by molar-refractivity contribution is 5.92. The predicted molar refractivity (Wildman–Crippen MR) is 130 cm³/mol. The summed E-state index contributed by atoms with van der Waals surface area (Å²) in [5.41, 5.74) is 3.83. The number of nitrogens with two attached hydrogens (primary N) is 1. The van der Waals surface area contributed by atoms with Gasteiger partial charge in [-0.25, -0.2) is 10.8 Å². The van der Waals surface area contributed by atoms with Gasteiger partial charge < -0.3 is 20.1 Å². The number of amides is 1. The highest BCUT2D eigenvalue weighted by Gasteiger charge is 2.27. The lowest BCUT2D eigenvalue weighted by molar-refractivity contribution is 0.0814. The van der Waals surface area contributed by atoms with Crippen LogP contribution in [0.15, 0.2) is 35.3 Å². The Kier molecular flexibility index (Phi) is 6.12. The average molecular weight is 450 g/mol. The Morgan fingerprint density at radius 3 is 2.45 bits per heavy atom. The molecule has 0 bridgehead atoms. The third-order valence-corrected chi connectivity index (χ3v) is 7.25. The number of hydrogen-bond donors (Lipinski definition) is 3. The Bertz CT molecular complexity index is 1110. The fourth-order valence-corrected chi connectivity index (χ4v) is 5.38. The molecule has 1 atom stereocenters. The van der Waals surface area contributed by atoms with Crippen molar-refractivity contribution in [3.8, 4) is 0 Å². The molecule has 1 saturated heterocycles. The van der Waals surface area contributed by atoms with Crippen molar-refractivity contribution in [2.24, 2.45) is 10.8 Å². The van der Waals surface area contributed by atoms with Crippen molar-refractivity contribution in [3.05, 3.63) is 52.3 Å². The van der Waals surface area contributed by atoms with Crippen LogP contribution in [0.4, 0.5) is 5.69 Å². The number of aromatic nitrogens is 1. The zero-order chi connectivity index (χ0) is 22.9. The van der Waals surface area contributed by atoms with Crippen LogP contribution in [-0.2, 0) is 0 Å². The largest absolute Gasteiger partial charge is 0.351 e. The van der Waals surface area contributed by atoms with E-state index in [9.17, 15) is 4.79 Å². The summed E-state index contributed by atoms with van der Waals surface area (Å²) >= 11 is 0. The minimum Gasteiger partial charge on any atom is -0.351 e. The highest BCUT2D eigenvalue weighted by atomic mass is 16.2. The van der Waals surface area contributed by atoms with Crippen molar-refractivity contribution in [2.45, 2.75) is 56.8 Å². The van der Waals surface area contributed by atoms with Crippen LogP contribution in [0.1, 0.15) is 66.5 Å². The number of fused-ring (bicyclic) bond motifs is 1. The topological polar surface area (TPSA) is 90.9 Å². The Morgan fingerprint density at radius 2 is 1.79 bits per heavy atom. The van der Waals surface area contributed by atoms with Gasteiger partial charge in [0.1, 0.15) is 11.2 Å². The summed E-state index contributed by atoms with van der Waals surface area (Å²) in [4.78, 5) is 19.5. The summed E-state index contributed by atoms with van der Waals surface area (Å²) in [5.74, 6) is 7.16. The molecule has 1 aromatic heterocycles. The van der Waals surface area contributed by atoms with Crippen molar-refractivity contribution in [1.29, 1.82) is 0 Å². The number of rotatable bonds is 5. The Balaban J connectivity index is 1.44. The molecular weight excluding hydrogens is 414 g/mol. The van der Waals surface area contributed by atoms with Gasteiger partial charge in [0.25, 0.3) is 5.91 Å². The van der Waals surface area contributed by atoms with Crippen LogP contribution in [0, 0.1) is 0 Å². The SMILES string of the molecule is CN(C)C(=O)c1cc2c(n1C1CCCC1)=NC(N(N)c1ccc(C3CCNCC3)cc1)NC=2. The lowest BCUT2D eigenvalue weighted by Gasteiger charge is -2.29. The number of hydrazine groups is 1. The monoisotopic (exact) mass is 449 g/mol. The lowest BCUT2D eigenvalue weighted by Crippen LogP contribution is -2.53. The normalized spacial score (nSPS) is 21.0. The number of nitrogens with one attached hydrogen (secondary N) is 2. The molecule has 0 radical (unpaired) electrons. The molecule has 1 unspecified atom stereocenters. The first kappa shape index (κ1) is 22.0. The Hall–Kier alpha value is -2.84. The van der Waals surface area contributed by atoms with E-state index in [-0.39, 0.29) is 5.91 Å². The van der Waals surface area contributed by atoms with Crippen LogP contribution in [0.25, 0.3) is 6.20 Å². The van der Waals surface area contributed by atoms with Gasteiger partial charge in [-0.2, -0.15) is 0 Å². The van der Waals surface area contributed by atoms with E-state index >= 15 is 0 Å². The van der Waals surface area contributed by atoms with Crippen molar-refractivity contribution in [1.82, 2.24) is 20.1 Å². The second-order valence-corrected chi connectivity index (χ2v) is 9.65. The Morgan fingerprint density at radius 1 is 1.09 bits per heavy atom. The first-order valence-electron chi connectivity index (χ1n) is 12.1. The molecule has 5 rings (SSSR count). The number of carbonyl (C=O) groups excluding carboxylic acids is 1. The van der Waals surface area contributed by atoms with Gasteiger partial charge in [-0.15, -0.1) is 0 Å². The maximum absolute atomic E-state index is 12.9. The van der Waals surface area contributed by atoms with E-state index in [1.54, 1.807) is 24.0 Å². The summed E-state index contributed by atoms with van der Waals surface area (Å²) < 4.78 is 2.16. The van der Waals surface area contributed by atoms with Crippen LogP contribution in [0.3, 0.4) is 0 Å². The number of anilines is 1. The first-order valence-corrected chi connectivity index (χ1v) is 12.1.